The van der Waals surface area contributed by atoms with Crippen LogP contribution >= 0.6 is 0 Å². The molecule has 28 heavy (non-hydrogen) atoms. The van der Waals surface area contributed by atoms with Crippen molar-refractivity contribution >= 4 is 20.8 Å². The van der Waals surface area contributed by atoms with Gasteiger partial charge in [-0.15, -0.1) is 0 Å². The maximum absolute atomic E-state index is 13.4. The van der Waals surface area contributed by atoms with Crippen LogP contribution in [0.4, 0.5) is 0 Å². The molecule has 0 amide bonds. The van der Waals surface area contributed by atoms with Gasteiger partial charge in [-0.25, -0.2) is 8.42 Å². The number of nitrogens with zero attached hydrogens (tertiary/aromatic N) is 3. The summed E-state index contributed by atoms with van der Waals surface area (Å²) in [5.41, 5.74) is 0. The number of piperidine rings is 1. The van der Waals surface area contributed by atoms with Crippen molar-refractivity contribution < 1.29 is 12.9 Å². The molecular weight excluding hydrogens is 374 g/mol. The Morgan fingerprint density at radius 3 is 2.75 bits per heavy atom. The average Bonchev–Trinajstić information content (AvgIpc) is 3.47. The van der Waals surface area contributed by atoms with Gasteiger partial charge in [0, 0.05) is 30.8 Å². The van der Waals surface area contributed by atoms with Gasteiger partial charge >= 0.3 is 0 Å². The lowest BCUT2D eigenvalue weighted by Gasteiger charge is -2.31. The smallest absolute Gasteiger partial charge is 0.243 e. The molecule has 7 heteroatoms. The third-order valence-electron chi connectivity index (χ3n) is 5.74. The zero-order valence-corrected chi connectivity index (χ0v) is 16.4. The second-order valence-electron chi connectivity index (χ2n) is 7.87. The molecule has 1 aliphatic carbocycles. The molecule has 146 valence electrons. The van der Waals surface area contributed by atoms with Crippen LogP contribution in [-0.4, -0.2) is 36.0 Å². The second-order valence-corrected chi connectivity index (χ2v) is 9.78. The number of aromatic nitrogens is 2. The summed E-state index contributed by atoms with van der Waals surface area (Å²) >= 11 is 0. The van der Waals surface area contributed by atoms with E-state index in [1.165, 1.54) is 0 Å². The van der Waals surface area contributed by atoms with E-state index in [1.807, 2.05) is 36.4 Å². The summed E-state index contributed by atoms with van der Waals surface area (Å²) in [4.78, 5) is 4.90. The molecule has 2 fully saturated rings. The number of rotatable bonds is 5. The van der Waals surface area contributed by atoms with Gasteiger partial charge in [0.05, 0.1) is 4.90 Å². The molecule has 3 aromatic rings. The van der Waals surface area contributed by atoms with Crippen LogP contribution in [0.5, 0.6) is 0 Å². The van der Waals surface area contributed by atoms with Crippen LogP contribution < -0.4 is 0 Å². The Kier molecular flexibility index (Phi) is 4.44. The summed E-state index contributed by atoms with van der Waals surface area (Å²) in [7, 11) is -3.55. The molecule has 1 atom stereocenters. The van der Waals surface area contributed by atoms with Crippen LogP contribution in [0.25, 0.3) is 10.8 Å². The topological polar surface area (TPSA) is 76.3 Å². The zero-order chi connectivity index (χ0) is 19.1. The molecule has 1 saturated heterocycles. The minimum Gasteiger partial charge on any atom is -0.339 e. The molecular formula is C21H23N3O3S. The van der Waals surface area contributed by atoms with E-state index in [1.54, 1.807) is 10.4 Å². The highest BCUT2D eigenvalue weighted by Crippen LogP contribution is 2.38. The van der Waals surface area contributed by atoms with Gasteiger partial charge in [0.15, 0.2) is 5.82 Å². The van der Waals surface area contributed by atoms with Crippen molar-refractivity contribution in [2.45, 2.75) is 42.9 Å². The highest BCUT2D eigenvalue weighted by molar-refractivity contribution is 7.89. The minimum absolute atomic E-state index is 0.200. The van der Waals surface area contributed by atoms with Gasteiger partial charge in [0.25, 0.3) is 0 Å². The van der Waals surface area contributed by atoms with Crippen LogP contribution in [0.15, 0.2) is 51.9 Å². The quantitative estimate of drug-likeness (QED) is 0.655. The first kappa shape index (κ1) is 17.8. The maximum atomic E-state index is 13.4. The largest absolute Gasteiger partial charge is 0.339 e. The van der Waals surface area contributed by atoms with E-state index in [9.17, 15) is 8.42 Å². The lowest BCUT2D eigenvalue weighted by molar-refractivity contribution is 0.247. The van der Waals surface area contributed by atoms with Gasteiger partial charge in [-0.1, -0.05) is 41.6 Å². The molecule has 0 bridgehead atoms. The zero-order valence-electron chi connectivity index (χ0n) is 15.6. The van der Waals surface area contributed by atoms with Crippen molar-refractivity contribution in [1.29, 1.82) is 0 Å². The average molecular weight is 398 g/mol. The Balaban J connectivity index is 1.37. The lowest BCUT2D eigenvalue weighted by atomic mass is 9.96. The Bertz CT molecular complexity index is 1100. The molecule has 6 nitrogen and oxygen atoms in total. The molecule has 1 unspecified atom stereocenters. The fraction of sp³-hybridized carbons (Fsp3) is 0.429. The van der Waals surface area contributed by atoms with Gasteiger partial charge in [0.1, 0.15) is 0 Å². The fourth-order valence-electron chi connectivity index (χ4n) is 4.08. The number of fused-ring (bicyclic) bond motifs is 1. The van der Waals surface area contributed by atoms with Gasteiger partial charge in [0.2, 0.25) is 15.9 Å². The van der Waals surface area contributed by atoms with Crippen LogP contribution in [0, 0.1) is 5.92 Å². The van der Waals surface area contributed by atoms with Crippen molar-refractivity contribution in [2.75, 3.05) is 13.1 Å². The third-order valence-corrected chi connectivity index (χ3v) is 7.66. The number of sulfonamides is 1. The first-order valence-electron chi connectivity index (χ1n) is 9.91. The molecule has 1 aliphatic heterocycles. The maximum Gasteiger partial charge on any atom is 0.243 e. The van der Waals surface area contributed by atoms with E-state index < -0.39 is 10.0 Å². The monoisotopic (exact) mass is 397 g/mol. The van der Waals surface area contributed by atoms with Crippen LogP contribution in [0.3, 0.4) is 0 Å². The molecule has 2 aromatic carbocycles. The molecule has 5 rings (SSSR count). The standard InChI is InChI=1S/C21H23N3O3S/c25-28(26,19-9-3-7-16-6-1-2-8-18(16)19)24-12-4-5-15(14-24)13-20-22-21(23-27-20)17-10-11-17/h1-3,6-9,15,17H,4-5,10-14H2. The van der Waals surface area contributed by atoms with Gasteiger partial charge in [-0.05, 0) is 43.1 Å². The van der Waals surface area contributed by atoms with Crippen molar-refractivity contribution in [3.05, 3.63) is 54.2 Å². The number of hydrogen-bond acceptors (Lipinski definition) is 5. The Labute approximate surface area is 164 Å². The molecule has 1 aromatic heterocycles. The Morgan fingerprint density at radius 1 is 1.07 bits per heavy atom. The summed E-state index contributed by atoms with van der Waals surface area (Å²) in [5, 5.41) is 5.79. The first-order valence-corrected chi connectivity index (χ1v) is 11.4. The number of hydrogen-bond donors (Lipinski definition) is 0. The van der Waals surface area contributed by atoms with Crippen molar-refractivity contribution in [1.82, 2.24) is 14.4 Å². The molecule has 0 N–H and O–H groups in total. The van der Waals surface area contributed by atoms with Crippen molar-refractivity contribution in [3.8, 4) is 0 Å². The molecule has 0 radical (unpaired) electrons. The summed E-state index contributed by atoms with van der Waals surface area (Å²) < 4.78 is 33.8. The van der Waals surface area contributed by atoms with Crippen molar-refractivity contribution in [3.63, 3.8) is 0 Å². The first-order chi connectivity index (χ1) is 13.6. The predicted octanol–water partition coefficient (Wildman–Crippen LogP) is 3.74. The van der Waals surface area contributed by atoms with E-state index in [0.717, 1.165) is 42.3 Å². The SMILES string of the molecule is O=S(=O)(c1cccc2ccccc12)N1CCCC(Cc2nc(C3CC3)no2)C1. The summed E-state index contributed by atoms with van der Waals surface area (Å²) in [6, 6.07) is 13.1. The van der Waals surface area contributed by atoms with Gasteiger partial charge < -0.3 is 4.52 Å². The highest BCUT2D eigenvalue weighted by Gasteiger charge is 2.33. The summed E-state index contributed by atoms with van der Waals surface area (Å²) in [5.74, 6) is 2.11. The highest BCUT2D eigenvalue weighted by atomic mass is 32.2. The van der Waals surface area contributed by atoms with Gasteiger partial charge in [-0.2, -0.15) is 9.29 Å². The minimum atomic E-state index is -3.55. The Morgan fingerprint density at radius 2 is 1.89 bits per heavy atom. The van der Waals surface area contributed by atoms with E-state index in [-0.39, 0.29) is 5.92 Å². The van der Waals surface area contributed by atoms with E-state index in [2.05, 4.69) is 10.1 Å². The Hall–Kier alpha value is -2.25. The van der Waals surface area contributed by atoms with Crippen LogP contribution in [-0.2, 0) is 16.4 Å². The molecule has 0 spiro atoms. The van der Waals surface area contributed by atoms with Crippen molar-refractivity contribution in [2.24, 2.45) is 5.92 Å². The van der Waals surface area contributed by atoms with Gasteiger partial charge in [-0.3, -0.25) is 0 Å². The summed E-state index contributed by atoms with van der Waals surface area (Å²) in [6.45, 7) is 1.05. The third kappa shape index (κ3) is 3.33. The predicted molar refractivity (Wildman–Crippen MR) is 105 cm³/mol. The number of benzene rings is 2. The molecule has 2 aliphatic rings. The van der Waals surface area contributed by atoms with E-state index in [0.29, 0.717) is 36.2 Å². The van der Waals surface area contributed by atoms with Crippen LogP contribution in [0.2, 0.25) is 0 Å². The fourth-order valence-corrected chi connectivity index (χ4v) is 5.85. The summed E-state index contributed by atoms with van der Waals surface area (Å²) in [6.07, 6.45) is 4.74. The normalized spacial score (nSPS) is 21.2. The lowest BCUT2D eigenvalue weighted by Crippen LogP contribution is -2.40. The molecule has 2 heterocycles. The van der Waals surface area contributed by atoms with E-state index >= 15 is 0 Å². The van der Waals surface area contributed by atoms with Crippen LogP contribution in [0.1, 0.15) is 43.3 Å². The van der Waals surface area contributed by atoms with E-state index in [4.69, 9.17) is 4.52 Å². The molecule has 1 saturated carbocycles. The second kappa shape index (κ2) is 6.97.